The maximum Gasteiger partial charge on any atom is 0.154 e. The van der Waals surface area contributed by atoms with Crippen molar-refractivity contribution in [2.24, 2.45) is 0 Å². The summed E-state index contributed by atoms with van der Waals surface area (Å²) in [4.78, 5) is 11.2. The summed E-state index contributed by atoms with van der Waals surface area (Å²) in [6.45, 7) is 0. The summed E-state index contributed by atoms with van der Waals surface area (Å²) in [6.07, 6.45) is 1.50. The van der Waals surface area contributed by atoms with Gasteiger partial charge in [-0.2, -0.15) is 5.10 Å². The minimum absolute atomic E-state index is 0.0567. The number of carbonyl (C=O) groups is 1. The third-order valence-electron chi connectivity index (χ3n) is 2.76. The van der Waals surface area contributed by atoms with Crippen LogP contribution in [0.4, 0.5) is 0 Å². The Bertz CT molecular complexity index is 745. The van der Waals surface area contributed by atoms with E-state index in [1.807, 2.05) is 0 Å². The SMILES string of the molecule is O=C([O-])c1cc(-c2ccco2)nn1-c1ccc(Cl)cc1. The highest BCUT2D eigenvalue weighted by molar-refractivity contribution is 6.30. The first-order valence-electron chi connectivity index (χ1n) is 5.76. The van der Waals surface area contributed by atoms with Crippen LogP contribution in [0.3, 0.4) is 0 Å². The second-order valence-corrected chi connectivity index (χ2v) is 4.50. The Kier molecular flexibility index (Phi) is 3.04. The van der Waals surface area contributed by atoms with Gasteiger partial charge in [0.1, 0.15) is 5.69 Å². The molecule has 2 aromatic heterocycles. The number of hydrogen-bond acceptors (Lipinski definition) is 4. The largest absolute Gasteiger partial charge is 0.543 e. The number of carboxylic acid groups (broad SMARTS) is 1. The smallest absolute Gasteiger partial charge is 0.154 e. The Balaban J connectivity index is 2.14. The molecule has 5 nitrogen and oxygen atoms in total. The average molecular weight is 288 g/mol. The molecule has 20 heavy (non-hydrogen) atoms. The van der Waals surface area contributed by atoms with Crippen LogP contribution in [-0.4, -0.2) is 15.7 Å². The molecule has 0 radical (unpaired) electrons. The molecule has 3 aromatic rings. The van der Waals surface area contributed by atoms with Crippen LogP contribution in [0.25, 0.3) is 17.1 Å². The van der Waals surface area contributed by atoms with Crippen molar-refractivity contribution < 1.29 is 14.3 Å². The Morgan fingerprint density at radius 3 is 2.60 bits per heavy atom. The maximum atomic E-state index is 11.2. The second-order valence-electron chi connectivity index (χ2n) is 4.07. The lowest BCUT2D eigenvalue weighted by Gasteiger charge is -2.07. The van der Waals surface area contributed by atoms with Crippen LogP contribution in [0.15, 0.2) is 53.1 Å². The molecular formula is C14H8ClN2O3-. The van der Waals surface area contributed by atoms with Crippen molar-refractivity contribution in [3.05, 3.63) is 59.4 Å². The molecular weight excluding hydrogens is 280 g/mol. The number of hydrogen-bond donors (Lipinski definition) is 0. The number of halogens is 1. The molecule has 0 aliphatic carbocycles. The van der Waals surface area contributed by atoms with Crippen molar-refractivity contribution in [2.75, 3.05) is 0 Å². The molecule has 0 N–H and O–H groups in total. The highest BCUT2D eigenvalue weighted by atomic mass is 35.5. The van der Waals surface area contributed by atoms with Crippen molar-refractivity contribution in [3.63, 3.8) is 0 Å². The topological polar surface area (TPSA) is 71.1 Å². The summed E-state index contributed by atoms with van der Waals surface area (Å²) < 4.78 is 6.49. The maximum absolute atomic E-state index is 11.2. The number of carbonyl (C=O) groups excluding carboxylic acids is 1. The molecule has 6 heteroatoms. The molecule has 0 aliphatic rings. The first-order valence-corrected chi connectivity index (χ1v) is 6.14. The van der Waals surface area contributed by atoms with Gasteiger partial charge in [0.25, 0.3) is 0 Å². The Morgan fingerprint density at radius 2 is 2.00 bits per heavy atom. The predicted molar refractivity (Wildman–Crippen MR) is 70.6 cm³/mol. The molecule has 0 aliphatic heterocycles. The van der Waals surface area contributed by atoms with Gasteiger partial charge < -0.3 is 14.3 Å². The van der Waals surface area contributed by atoms with Crippen LogP contribution in [0.2, 0.25) is 5.02 Å². The van der Waals surface area contributed by atoms with Gasteiger partial charge in [-0.15, -0.1) is 0 Å². The molecule has 0 bridgehead atoms. The summed E-state index contributed by atoms with van der Waals surface area (Å²) in [5.74, 6) is -0.828. The van der Waals surface area contributed by atoms with Crippen molar-refractivity contribution in [2.45, 2.75) is 0 Å². The van der Waals surface area contributed by atoms with Gasteiger partial charge in [-0.1, -0.05) is 11.6 Å². The molecule has 0 saturated carbocycles. The number of carboxylic acids is 1. The zero-order valence-corrected chi connectivity index (χ0v) is 10.9. The van der Waals surface area contributed by atoms with E-state index in [0.29, 0.717) is 22.2 Å². The molecule has 0 spiro atoms. The van der Waals surface area contributed by atoms with Crippen molar-refractivity contribution >= 4 is 17.6 Å². The average Bonchev–Trinajstić information content (AvgIpc) is 3.08. The second kappa shape index (κ2) is 4.86. The third kappa shape index (κ3) is 2.19. The number of rotatable bonds is 3. The van der Waals surface area contributed by atoms with E-state index in [2.05, 4.69) is 5.10 Å². The van der Waals surface area contributed by atoms with Crippen molar-refractivity contribution in [1.82, 2.24) is 9.78 Å². The molecule has 0 amide bonds. The van der Waals surface area contributed by atoms with E-state index < -0.39 is 5.97 Å². The molecule has 2 heterocycles. The summed E-state index contributed by atoms with van der Waals surface area (Å²) >= 11 is 5.81. The van der Waals surface area contributed by atoms with E-state index in [1.54, 1.807) is 36.4 Å². The summed E-state index contributed by atoms with van der Waals surface area (Å²) in [5.41, 5.74) is 0.939. The lowest BCUT2D eigenvalue weighted by atomic mass is 10.3. The molecule has 3 rings (SSSR count). The van der Waals surface area contributed by atoms with Crippen LogP contribution in [0.1, 0.15) is 10.5 Å². The zero-order valence-electron chi connectivity index (χ0n) is 10.1. The van der Waals surface area contributed by atoms with Crippen LogP contribution < -0.4 is 5.11 Å². The molecule has 1 aromatic carbocycles. The third-order valence-corrected chi connectivity index (χ3v) is 3.02. The molecule has 0 atom stereocenters. The van der Waals surface area contributed by atoms with Gasteiger partial charge >= 0.3 is 0 Å². The van der Waals surface area contributed by atoms with Gasteiger partial charge in [-0.05, 0) is 42.5 Å². The van der Waals surface area contributed by atoms with Crippen molar-refractivity contribution in [1.29, 1.82) is 0 Å². The van der Waals surface area contributed by atoms with E-state index in [4.69, 9.17) is 16.0 Å². The highest BCUT2D eigenvalue weighted by Gasteiger charge is 2.13. The summed E-state index contributed by atoms with van der Waals surface area (Å²) in [6, 6.07) is 11.5. The summed E-state index contributed by atoms with van der Waals surface area (Å²) in [7, 11) is 0. The van der Waals surface area contributed by atoms with E-state index in [1.165, 1.54) is 17.0 Å². The monoisotopic (exact) mass is 287 g/mol. The van der Waals surface area contributed by atoms with E-state index in [-0.39, 0.29) is 5.69 Å². The zero-order chi connectivity index (χ0) is 14.1. The lowest BCUT2D eigenvalue weighted by molar-refractivity contribution is -0.255. The number of nitrogens with zero attached hydrogens (tertiary/aromatic N) is 2. The normalized spacial score (nSPS) is 10.7. The fourth-order valence-electron chi connectivity index (χ4n) is 1.85. The first-order chi connectivity index (χ1) is 9.65. The van der Waals surface area contributed by atoms with Crippen LogP contribution in [0.5, 0.6) is 0 Å². The van der Waals surface area contributed by atoms with E-state index in [0.717, 1.165) is 0 Å². The van der Waals surface area contributed by atoms with Gasteiger partial charge in [0.15, 0.2) is 5.76 Å². The standard InChI is InChI=1S/C14H9ClN2O3/c15-9-3-5-10(6-4-9)17-12(14(18)19)8-11(16-17)13-2-1-7-20-13/h1-8H,(H,18,19)/p-1. The molecule has 0 unspecified atom stereocenters. The predicted octanol–water partition coefficient (Wildman–Crippen LogP) is 2.15. The van der Waals surface area contributed by atoms with Crippen LogP contribution >= 0.6 is 11.6 Å². The quantitative estimate of drug-likeness (QED) is 0.740. The Hall–Kier alpha value is -2.53. The fraction of sp³-hybridized carbons (Fsp3) is 0. The summed E-state index contributed by atoms with van der Waals surface area (Å²) in [5, 5.41) is 16.0. The molecule has 0 fully saturated rings. The lowest BCUT2D eigenvalue weighted by Crippen LogP contribution is -2.25. The van der Waals surface area contributed by atoms with Gasteiger partial charge in [0, 0.05) is 5.02 Å². The Morgan fingerprint density at radius 1 is 1.25 bits per heavy atom. The van der Waals surface area contributed by atoms with E-state index >= 15 is 0 Å². The molecule has 0 saturated heterocycles. The number of aromatic nitrogens is 2. The van der Waals surface area contributed by atoms with Gasteiger partial charge in [-0.25, -0.2) is 4.68 Å². The fourth-order valence-corrected chi connectivity index (χ4v) is 1.98. The van der Waals surface area contributed by atoms with Crippen LogP contribution in [0, 0.1) is 0 Å². The Labute approximate surface area is 119 Å². The van der Waals surface area contributed by atoms with Crippen LogP contribution in [-0.2, 0) is 0 Å². The highest BCUT2D eigenvalue weighted by Crippen LogP contribution is 2.22. The molecule has 100 valence electrons. The number of aromatic carboxylic acids is 1. The minimum atomic E-state index is -1.31. The first kappa shape index (κ1) is 12.5. The number of benzene rings is 1. The van der Waals surface area contributed by atoms with Gasteiger partial charge in [0.05, 0.1) is 23.6 Å². The van der Waals surface area contributed by atoms with Crippen molar-refractivity contribution in [3.8, 4) is 17.1 Å². The number of furan rings is 1. The minimum Gasteiger partial charge on any atom is -0.543 e. The van der Waals surface area contributed by atoms with Gasteiger partial charge in [-0.3, -0.25) is 0 Å². The van der Waals surface area contributed by atoms with Gasteiger partial charge in [0.2, 0.25) is 0 Å². The van der Waals surface area contributed by atoms with E-state index in [9.17, 15) is 9.90 Å².